The zero-order valence-corrected chi connectivity index (χ0v) is 12.1. The molecule has 0 aliphatic carbocycles. The van der Waals surface area contributed by atoms with Crippen molar-refractivity contribution in [3.05, 3.63) is 22.2 Å². The molecule has 0 spiro atoms. The van der Waals surface area contributed by atoms with Gasteiger partial charge in [-0.2, -0.15) is 0 Å². The number of halogens is 1. The number of nitrogens with two attached hydrogens (primary N) is 1. The Kier molecular flexibility index (Phi) is 4.79. The van der Waals surface area contributed by atoms with Crippen molar-refractivity contribution in [1.29, 1.82) is 0 Å². The molecule has 96 valence electrons. The average molecular weight is 323 g/mol. The normalized spacial score (nSPS) is 11.5. The standard InChI is InChI=1S/C10H15BrN2O3S/c1-7-5-8(11)10(9(12)6-7)13-17(14,15)4-3-16-2/h5-6,13H,3-4,12H2,1-2H3. The molecule has 0 saturated heterocycles. The van der Waals surface area contributed by atoms with Gasteiger partial charge in [-0.25, -0.2) is 8.42 Å². The average Bonchev–Trinajstić information content (AvgIpc) is 2.21. The number of sulfonamides is 1. The number of benzene rings is 1. The number of methoxy groups -OCH3 is 1. The Labute approximate surface area is 110 Å². The monoisotopic (exact) mass is 322 g/mol. The van der Waals surface area contributed by atoms with Crippen LogP contribution in [0.1, 0.15) is 5.56 Å². The molecule has 1 rings (SSSR count). The second kappa shape index (κ2) is 5.70. The van der Waals surface area contributed by atoms with Crippen LogP contribution in [-0.4, -0.2) is 27.9 Å². The minimum absolute atomic E-state index is 0.108. The van der Waals surface area contributed by atoms with Gasteiger partial charge in [0.15, 0.2) is 0 Å². The van der Waals surface area contributed by atoms with Crippen molar-refractivity contribution in [3.63, 3.8) is 0 Å². The van der Waals surface area contributed by atoms with Crippen molar-refractivity contribution in [2.24, 2.45) is 0 Å². The molecule has 1 aromatic carbocycles. The summed E-state index contributed by atoms with van der Waals surface area (Å²) in [7, 11) is -1.99. The Bertz CT molecular complexity index is 479. The Morgan fingerprint density at radius 2 is 2.12 bits per heavy atom. The van der Waals surface area contributed by atoms with Gasteiger partial charge in [0.25, 0.3) is 0 Å². The number of nitrogen functional groups attached to an aromatic ring is 1. The lowest BCUT2D eigenvalue weighted by molar-refractivity contribution is 0.217. The summed E-state index contributed by atoms with van der Waals surface area (Å²) in [6.45, 7) is 2.02. The van der Waals surface area contributed by atoms with E-state index in [0.29, 0.717) is 15.8 Å². The number of ether oxygens (including phenoxy) is 1. The lowest BCUT2D eigenvalue weighted by Crippen LogP contribution is -2.20. The number of anilines is 2. The lowest BCUT2D eigenvalue weighted by atomic mass is 10.2. The first-order chi connectivity index (χ1) is 7.85. The van der Waals surface area contributed by atoms with Gasteiger partial charge in [-0.15, -0.1) is 0 Å². The van der Waals surface area contributed by atoms with E-state index in [9.17, 15) is 8.42 Å². The number of hydrogen-bond donors (Lipinski definition) is 2. The molecule has 0 heterocycles. The van der Waals surface area contributed by atoms with Crippen LogP contribution in [0.4, 0.5) is 11.4 Å². The third-order valence-corrected chi connectivity index (χ3v) is 3.92. The molecule has 0 aliphatic rings. The van der Waals surface area contributed by atoms with Crippen molar-refractivity contribution in [3.8, 4) is 0 Å². The van der Waals surface area contributed by atoms with Crippen molar-refractivity contribution in [1.82, 2.24) is 0 Å². The van der Waals surface area contributed by atoms with Gasteiger partial charge in [-0.3, -0.25) is 4.72 Å². The third-order valence-electron chi connectivity index (χ3n) is 2.08. The fourth-order valence-electron chi connectivity index (χ4n) is 1.28. The van der Waals surface area contributed by atoms with E-state index in [4.69, 9.17) is 10.5 Å². The molecule has 0 unspecified atom stereocenters. The lowest BCUT2D eigenvalue weighted by Gasteiger charge is -2.12. The summed E-state index contributed by atoms with van der Waals surface area (Å²) >= 11 is 3.28. The van der Waals surface area contributed by atoms with Crippen LogP contribution in [0.5, 0.6) is 0 Å². The van der Waals surface area contributed by atoms with E-state index in [2.05, 4.69) is 20.7 Å². The molecule has 0 aliphatic heterocycles. The fourth-order valence-corrected chi connectivity index (χ4v) is 3.12. The molecule has 5 nitrogen and oxygen atoms in total. The van der Waals surface area contributed by atoms with Crippen LogP contribution in [0, 0.1) is 6.92 Å². The number of rotatable bonds is 5. The Morgan fingerprint density at radius 3 is 2.65 bits per heavy atom. The van der Waals surface area contributed by atoms with Crippen LogP contribution in [0.3, 0.4) is 0 Å². The Balaban J connectivity index is 2.96. The van der Waals surface area contributed by atoms with Gasteiger partial charge in [0.05, 0.1) is 23.7 Å². The molecule has 17 heavy (non-hydrogen) atoms. The quantitative estimate of drug-likeness (QED) is 0.809. The molecule has 0 atom stereocenters. The van der Waals surface area contributed by atoms with Crippen molar-refractivity contribution < 1.29 is 13.2 Å². The first-order valence-corrected chi connectivity index (χ1v) is 7.35. The van der Waals surface area contributed by atoms with Gasteiger partial charge in [-0.05, 0) is 40.5 Å². The molecular formula is C10H15BrN2O3S. The topological polar surface area (TPSA) is 81.4 Å². The van der Waals surface area contributed by atoms with Gasteiger partial charge in [0.2, 0.25) is 10.0 Å². The maximum Gasteiger partial charge on any atom is 0.235 e. The zero-order valence-electron chi connectivity index (χ0n) is 9.66. The maximum absolute atomic E-state index is 11.7. The van der Waals surface area contributed by atoms with Crippen molar-refractivity contribution >= 4 is 37.3 Å². The summed E-state index contributed by atoms with van der Waals surface area (Å²) in [5.74, 6) is -0.108. The molecule has 0 fully saturated rings. The molecule has 0 saturated carbocycles. The summed E-state index contributed by atoms with van der Waals surface area (Å²) in [6.07, 6.45) is 0. The molecular weight excluding hydrogens is 308 g/mol. The summed E-state index contributed by atoms with van der Waals surface area (Å²) in [5, 5.41) is 0. The van der Waals surface area contributed by atoms with Crippen LogP contribution in [0.2, 0.25) is 0 Å². The second-order valence-corrected chi connectivity index (χ2v) is 6.32. The number of hydrogen-bond acceptors (Lipinski definition) is 4. The Hall–Kier alpha value is -0.790. The van der Waals surface area contributed by atoms with Crippen LogP contribution in [0.25, 0.3) is 0 Å². The van der Waals surface area contributed by atoms with Crippen molar-refractivity contribution in [2.75, 3.05) is 29.9 Å². The molecule has 0 amide bonds. The van der Waals surface area contributed by atoms with Crippen LogP contribution < -0.4 is 10.5 Å². The van der Waals surface area contributed by atoms with E-state index in [1.54, 1.807) is 12.1 Å². The highest BCUT2D eigenvalue weighted by Gasteiger charge is 2.14. The van der Waals surface area contributed by atoms with Gasteiger partial charge in [0.1, 0.15) is 0 Å². The minimum Gasteiger partial charge on any atom is -0.397 e. The molecule has 0 aromatic heterocycles. The smallest absolute Gasteiger partial charge is 0.235 e. The Morgan fingerprint density at radius 1 is 1.47 bits per heavy atom. The molecule has 1 aromatic rings. The fraction of sp³-hybridized carbons (Fsp3) is 0.400. The molecule has 0 bridgehead atoms. The second-order valence-electron chi connectivity index (χ2n) is 3.62. The maximum atomic E-state index is 11.7. The van der Waals surface area contributed by atoms with Gasteiger partial charge in [0, 0.05) is 11.6 Å². The van der Waals surface area contributed by atoms with Gasteiger partial charge >= 0.3 is 0 Å². The summed E-state index contributed by atoms with van der Waals surface area (Å²) in [6, 6.07) is 3.50. The van der Waals surface area contributed by atoms with E-state index in [-0.39, 0.29) is 12.4 Å². The minimum atomic E-state index is -3.44. The first kappa shape index (κ1) is 14.3. The van der Waals surface area contributed by atoms with E-state index in [0.717, 1.165) is 5.56 Å². The molecule has 0 radical (unpaired) electrons. The number of aryl methyl sites for hydroxylation is 1. The van der Waals surface area contributed by atoms with Crippen LogP contribution >= 0.6 is 15.9 Å². The summed E-state index contributed by atoms with van der Waals surface area (Å²) in [5.41, 5.74) is 7.48. The van der Waals surface area contributed by atoms with E-state index in [1.807, 2.05) is 6.92 Å². The molecule has 7 heteroatoms. The van der Waals surface area contributed by atoms with Gasteiger partial charge in [-0.1, -0.05) is 0 Å². The largest absolute Gasteiger partial charge is 0.397 e. The van der Waals surface area contributed by atoms with Crippen LogP contribution in [-0.2, 0) is 14.8 Å². The predicted octanol–water partition coefficient (Wildman–Crippen LogP) is 1.73. The van der Waals surface area contributed by atoms with E-state index < -0.39 is 10.0 Å². The highest BCUT2D eigenvalue weighted by molar-refractivity contribution is 9.10. The SMILES string of the molecule is COCCS(=O)(=O)Nc1c(N)cc(C)cc1Br. The highest BCUT2D eigenvalue weighted by Crippen LogP contribution is 2.30. The zero-order chi connectivity index (χ0) is 13.1. The van der Waals surface area contributed by atoms with E-state index >= 15 is 0 Å². The summed E-state index contributed by atoms with van der Waals surface area (Å²) < 4.78 is 31.2. The predicted molar refractivity (Wildman–Crippen MR) is 72.6 cm³/mol. The molecule has 3 N–H and O–H groups in total. The van der Waals surface area contributed by atoms with Gasteiger partial charge < -0.3 is 10.5 Å². The highest BCUT2D eigenvalue weighted by atomic mass is 79.9. The third kappa shape index (κ3) is 4.18. The summed E-state index contributed by atoms with van der Waals surface area (Å²) in [4.78, 5) is 0. The van der Waals surface area contributed by atoms with Crippen molar-refractivity contribution in [2.45, 2.75) is 6.92 Å². The van der Waals surface area contributed by atoms with Crippen LogP contribution in [0.15, 0.2) is 16.6 Å². The number of nitrogens with one attached hydrogen (secondary N) is 1. The first-order valence-electron chi connectivity index (χ1n) is 4.91. The van der Waals surface area contributed by atoms with E-state index in [1.165, 1.54) is 7.11 Å².